The first kappa shape index (κ1) is 22.9. The number of aryl methyl sites for hydroxylation is 2. The number of carbonyl (C=O) groups excluding carboxylic acids is 1. The largest absolute Gasteiger partial charge is 0.419 e. The monoisotopic (exact) mass is 494 g/mol. The van der Waals surface area contributed by atoms with Crippen molar-refractivity contribution in [3.63, 3.8) is 0 Å². The summed E-state index contributed by atoms with van der Waals surface area (Å²) >= 11 is 12.6. The van der Waals surface area contributed by atoms with Gasteiger partial charge in [0.15, 0.2) is 5.75 Å². The molecule has 3 aromatic rings. The Morgan fingerprint density at radius 1 is 1.06 bits per heavy atom. The zero-order valence-corrected chi connectivity index (χ0v) is 19.7. The molecule has 0 saturated carbocycles. The number of carbonyl (C=O) groups is 1. The second kappa shape index (κ2) is 8.96. The van der Waals surface area contributed by atoms with Crippen LogP contribution in [0.2, 0.25) is 10.0 Å². The number of hydrogen-bond donors (Lipinski definition) is 0. The van der Waals surface area contributed by atoms with Crippen molar-refractivity contribution in [1.29, 1.82) is 0 Å². The van der Waals surface area contributed by atoms with E-state index in [2.05, 4.69) is 4.98 Å². The fraction of sp³-hybridized carbons (Fsp3) is 0.273. The molecule has 0 aliphatic carbocycles. The van der Waals surface area contributed by atoms with Gasteiger partial charge in [-0.05, 0) is 49.7 Å². The molecule has 0 radical (unpaired) electrons. The summed E-state index contributed by atoms with van der Waals surface area (Å²) in [4.78, 5) is 17.5. The average molecular weight is 495 g/mol. The zero-order chi connectivity index (χ0) is 23.0. The molecule has 1 fully saturated rings. The van der Waals surface area contributed by atoms with Crippen molar-refractivity contribution in [1.82, 2.24) is 9.29 Å². The number of aromatic nitrogens is 1. The molecule has 0 bridgehead atoms. The summed E-state index contributed by atoms with van der Waals surface area (Å²) < 4.78 is 38.2. The number of pyridine rings is 1. The lowest BCUT2D eigenvalue weighted by molar-refractivity contribution is 0.0727. The number of morpholine rings is 1. The summed E-state index contributed by atoms with van der Waals surface area (Å²) in [5, 5.41) is 1.10. The first-order valence-electron chi connectivity index (χ1n) is 9.84. The third kappa shape index (κ3) is 4.33. The van der Waals surface area contributed by atoms with E-state index in [9.17, 15) is 13.2 Å². The Balaban J connectivity index is 1.72. The summed E-state index contributed by atoms with van der Waals surface area (Å²) in [7, 11) is -3.77. The summed E-state index contributed by atoms with van der Waals surface area (Å²) in [6, 6.07) is 9.43. The molecule has 7 nitrogen and oxygen atoms in total. The van der Waals surface area contributed by atoms with Gasteiger partial charge in [0.25, 0.3) is 0 Å². The van der Waals surface area contributed by atoms with Crippen LogP contribution in [0.3, 0.4) is 0 Å². The van der Waals surface area contributed by atoms with Gasteiger partial charge in [0.05, 0.1) is 33.7 Å². The third-order valence-electron chi connectivity index (χ3n) is 5.21. The molecule has 1 aromatic heterocycles. The van der Waals surface area contributed by atoms with E-state index in [1.807, 2.05) is 0 Å². The predicted molar refractivity (Wildman–Crippen MR) is 122 cm³/mol. The molecule has 2 aromatic carbocycles. The van der Waals surface area contributed by atoms with Crippen LogP contribution in [0.15, 0.2) is 41.3 Å². The lowest BCUT2D eigenvalue weighted by Crippen LogP contribution is -2.40. The predicted octanol–water partition coefficient (Wildman–Crippen LogP) is 4.40. The van der Waals surface area contributed by atoms with E-state index in [0.717, 1.165) is 0 Å². The van der Waals surface area contributed by atoms with Gasteiger partial charge in [-0.15, -0.1) is 0 Å². The smallest absolute Gasteiger partial charge is 0.343 e. The minimum Gasteiger partial charge on any atom is -0.419 e. The van der Waals surface area contributed by atoms with Crippen molar-refractivity contribution < 1.29 is 22.7 Å². The van der Waals surface area contributed by atoms with Crippen LogP contribution < -0.4 is 4.74 Å². The van der Waals surface area contributed by atoms with Crippen LogP contribution in [-0.2, 0) is 14.8 Å². The number of halogens is 2. The van der Waals surface area contributed by atoms with E-state index < -0.39 is 16.0 Å². The molecule has 1 saturated heterocycles. The van der Waals surface area contributed by atoms with Gasteiger partial charge in [-0.25, -0.2) is 18.2 Å². The zero-order valence-electron chi connectivity index (χ0n) is 17.4. The molecule has 4 rings (SSSR count). The summed E-state index contributed by atoms with van der Waals surface area (Å²) in [6.07, 6.45) is 0. The molecule has 0 amide bonds. The molecule has 168 valence electrons. The second-order valence-corrected chi connectivity index (χ2v) is 10.2. The Morgan fingerprint density at radius 3 is 2.50 bits per heavy atom. The van der Waals surface area contributed by atoms with Gasteiger partial charge < -0.3 is 9.47 Å². The van der Waals surface area contributed by atoms with E-state index in [-0.39, 0.29) is 34.3 Å². The van der Waals surface area contributed by atoms with E-state index >= 15 is 0 Å². The normalized spacial score (nSPS) is 15.1. The number of sulfonamides is 1. The number of fused-ring (bicyclic) bond motifs is 1. The number of benzene rings is 2. The van der Waals surface area contributed by atoms with E-state index in [0.29, 0.717) is 40.4 Å². The highest BCUT2D eigenvalue weighted by Gasteiger charge is 2.28. The van der Waals surface area contributed by atoms with Crippen LogP contribution in [0, 0.1) is 13.8 Å². The van der Waals surface area contributed by atoms with Crippen molar-refractivity contribution in [2.75, 3.05) is 26.3 Å². The summed E-state index contributed by atoms with van der Waals surface area (Å²) in [5.74, 6) is -0.670. The van der Waals surface area contributed by atoms with Gasteiger partial charge in [-0.1, -0.05) is 29.3 Å². The highest BCUT2D eigenvalue weighted by Crippen LogP contribution is 2.38. The highest BCUT2D eigenvalue weighted by atomic mass is 35.5. The van der Waals surface area contributed by atoms with Crippen molar-refractivity contribution in [3.05, 3.63) is 63.3 Å². The molecular weight excluding hydrogens is 475 g/mol. The molecule has 1 aliphatic rings. The van der Waals surface area contributed by atoms with Crippen LogP contribution in [-0.4, -0.2) is 50.0 Å². The van der Waals surface area contributed by atoms with Crippen molar-refractivity contribution >= 4 is 50.1 Å². The third-order valence-corrected chi connectivity index (χ3v) is 7.70. The highest BCUT2D eigenvalue weighted by molar-refractivity contribution is 7.89. The molecule has 1 aliphatic heterocycles. The summed E-state index contributed by atoms with van der Waals surface area (Å²) in [5.41, 5.74) is 1.73. The quantitative estimate of drug-likeness (QED) is 0.394. The van der Waals surface area contributed by atoms with Gasteiger partial charge in [0.2, 0.25) is 10.0 Å². The lowest BCUT2D eigenvalue weighted by Gasteiger charge is -2.26. The van der Waals surface area contributed by atoms with Crippen molar-refractivity contribution in [2.45, 2.75) is 18.7 Å². The maximum Gasteiger partial charge on any atom is 0.343 e. The average Bonchev–Trinajstić information content (AvgIpc) is 2.77. The molecular formula is C22H20Cl2N2O5S. The number of nitrogens with zero attached hydrogens (tertiary/aromatic N) is 2. The Bertz CT molecular complexity index is 1320. The topological polar surface area (TPSA) is 85.8 Å². The van der Waals surface area contributed by atoms with E-state index in [4.69, 9.17) is 32.7 Å². The standard InChI is InChI=1S/C22H20Cl2N2O5S/c1-13-3-5-15(32(28,29)26-7-9-30-10-8-26)11-17(13)22(27)31-21-19(24)12-18(23)16-6-4-14(2)25-20(16)21/h3-6,11-12H,7-10H2,1-2H3. The van der Waals surface area contributed by atoms with Crippen LogP contribution in [0.25, 0.3) is 10.9 Å². The minimum atomic E-state index is -3.77. The molecule has 32 heavy (non-hydrogen) atoms. The van der Waals surface area contributed by atoms with Gasteiger partial charge in [0, 0.05) is 24.2 Å². The number of rotatable bonds is 4. The maximum atomic E-state index is 13.1. The van der Waals surface area contributed by atoms with Gasteiger partial charge in [-0.3, -0.25) is 0 Å². The summed E-state index contributed by atoms with van der Waals surface area (Å²) in [6.45, 7) is 4.67. The number of ether oxygens (including phenoxy) is 2. The molecule has 0 spiro atoms. The van der Waals surface area contributed by atoms with Crippen LogP contribution in [0.4, 0.5) is 0 Å². The van der Waals surface area contributed by atoms with Crippen molar-refractivity contribution in [2.24, 2.45) is 0 Å². The van der Waals surface area contributed by atoms with Gasteiger partial charge >= 0.3 is 5.97 Å². The Kier molecular flexibility index (Phi) is 6.42. The first-order chi connectivity index (χ1) is 15.2. The Hall–Kier alpha value is -2.23. The molecule has 0 unspecified atom stereocenters. The maximum absolute atomic E-state index is 13.1. The molecule has 0 atom stereocenters. The fourth-order valence-corrected chi connectivity index (χ4v) is 5.44. The van der Waals surface area contributed by atoms with Gasteiger partial charge in [0.1, 0.15) is 5.52 Å². The van der Waals surface area contributed by atoms with E-state index in [1.54, 1.807) is 32.0 Å². The van der Waals surface area contributed by atoms with Crippen molar-refractivity contribution in [3.8, 4) is 5.75 Å². The van der Waals surface area contributed by atoms with E-state index in [1.165, 1.54) is 22.5 Å². The molecule has 0 N–H and O–H groups in total. The SMILES string of the molecule is Cc1ccc2c(Cl)cc(Cl)c(OC(=O)c3cc(S(=O)(=O)N4CCOCC4)ccc3C)c2n1. The number of hydrogen-bond acceptors (Lipinski definition) is 6. The first-order valence-corrected chi connectivity index (χ1v) is 12.0. The fourth-order valence-electron chi connectivity index (χ4n) is 3.45. The molecule has 10 heteroatoms. The lowest BCUT2D eigenvalue weighted by atomic mass is 10.1. The van der Waals surface area contributed by atoms with Crippen LogP contribution in [0.1, 0.15) is 21.6 Å². The number of esters is 1. The minimum absolute atomic E-state index is 0.0120. The second-order valence-electron chi connectivity index (χ2n) is 7.40. The Labute approximate surface area is 195 Å². The van der Waals surface area contributed by atoms with Crippen LogP contribution >= 0.6 is 23.2 Å². The Morgan fingerprint density at radius 2 is 1.78 bits per heavy atom. The van der Waals surface area contributed by atoms with Crippen LogP contribution in [0.5, 0.6) is 5.75 Å². The molecule has 2 heterocycles. The van der Waals surface area contributed by atoms with Gasteiger partial charge in [-0.2, -0.15) is 4.31 Å².